The SMILES string of the molecule is C1=CNC2=C[NH+]=CCC2=C1. The topological polar surface area (TPSA) is 26.0 Å². The molecule has 0 atom stereocenters. The van der Waals surface area contributed by atoms with Crippen LogP contribution in [0.4, 0.5) is 0 Å². The second-order valence-corrected chi connectivity index (χ2v) is 2.33. The van der Waals surface area contributed by atoms with Gasteiger partial charge in [-0.1, -0.05) is 6.08 Å². The molecule has 0 fully saturated rings. The molecule has 2 rings (SSSR count). The predicted octanol–water partition coefficient (Wildman–Crippen LogP) is -0.574. The van der Waals surface area contributed by atoms with E-state index in [9.17, 15) is 0 Å². The zero-order valence-corrected chi connectivity index (χ0v) is 5.59. The monoisotopic (exact) mass is 133 g/mol. The van der Waals surface area contributed by atoms with Gasteiger partial charge in [0, 0.05) is 6.20 Å². The summed E-state index contributed by atoms with van der Waals surface area (Å²) in [7, 11) is 0. The lowest BCUT2D eigenvalue weighted by atomic mass is 10.1. The molecule has 2 nitrogen and oxygen atoms in total. The van der Waals surface area contributed by atoms with Crippen LogP contribution in [-0.4, -0.2) is 6.21 Å². The summed E-state index contributed by atoms with van der Waals surface area (Å²) in [6, 6.07) is 0. The number of nitrogens with one attached hydrogen (secondary N) is 2. The van der Waals surface area contributed by atoms with Crippen molar-refractivity contribution in [2.24, 2.45) is 0 Å². The molecule has 0 amide bonds. The lowest BCUT2D eigenvalue weighted by Crippen LogP contribution is -2.63. The molecule has 0 saturated heterocycles. The van der Waals surface area contributed by atoms with Gasteiger partial charge in [0.2, 0.25) is 0 Å². The zero-order valence-electron chi connectivity index (χ0n) is 5.59. The van der Waals surface area contributed by atoms with E-state index >= 15 is 0 Å². The summed E-state index contributed by atoms with van der Waals surface area (Å²) in [5.41, 5.74) is 2.53. The Labute approximate surface area is 59.7 Å². The van der Waals surface area contributed by atoms with Crippen molar-refractivity contribution in [2.75, 3.05) is 0 Å². The van der Waals surface area contributed by atoms with Gasteiger partial charge in [-0.15, -0.1) is 0 Å². The molecule has 2 aliphatic rings. The van der Waals surface area contributed by atoms with Crippen LogP contribution in [0.25, 0.3) is 0 Å². The first-order valence-electron chi connectivity index (χ1n) is 3.37. The molecular weight excluding hydrogens is 124 g/mol. The number of dihydropyridines is 1. The summed E-state index contributed by atoms with van der Waals surface area (Å²) in [5.74, 6) is 0. The highest BCUT2D eigenvalue weighted by atomic mass is 14.9. The molecule has 50 valence electrons. The summed E-state index contributed by atoms with van der Waals surface area (Å²) in [5, 5.41) is 3.15. The van der Waals surface area contributed by atoms with Crippen molar-refractivity contribution >= 4 is 6.21 Å². The van der Waals surface area contributed by atoms with Gasteiger partial charge in [-0.3, -0.25) is 0 Å². The van der Waals surface area contributed by atoms with Gasteiger partial charge in [0.05, 0.1) is 6.42 Å². The minimum atomic E-state index is 1.00. The van der Waals surface area contributed by atoms with Crippen molar-refractivity contribution < 1.29 is 4.99 Å². The van der Waals surface area contributed by atoms with Crippen molar-refractivity contribution in [1.29, 1.82) is 0 Å². The molecule has 0 aliphatic carbocycles. The molecule has 0 bridgehead atoms. The number of rotatable bonds is 0. The van der Waals surface area contributed by atoms with E-state index in [2.05, 4.69) is 16.4 Å². The van der Waals surface area contributed by atoms with E-state index in [0.717, 1.165) is 6.42 Å². The van der Waals surface area contributed by atoms with Gasteiger partial charge >= 0.3 is 0 Å². The Morgan fingerprint density at radius 3 is 3.40 bits per heavy atom. The van der Waals surface area contributed by atoms with Gasteiger partial charge in [-0.25, -0.2) is 4.99 Å². The van der Waals surface area contributed by atoms with E-state index < -0.39 is 0 Å². The summed E-state index contributed by atoms with van der Waals surface area (Å²) in [6.45, 7) is 0. The Morgan fingerprint density at radius 1 is 1.50 bits per heavy atom. The molecule has 0 aromatic rings. The fraction of sp³-hybridized carbons (Fsp3) is 0.125. The smallest absolute Gasteiger partial charge is 0.190 e. The van der Waals surface area contributed by atoms with E-state index in [1.54, 1.807) is 0 Å². The fourth-order valence-electron chi connectivity index (χ4n) is 1.11. The van der Waals surface area contributed by atoms with Crippen LogP contribution in [0.1, 0.15) is 6.42 Å². The summed E-state index contributed by atoms with van der Waals surface area (Å²) >= 11 is 0. The van der Waals surface area contributed by atoms with Crippen LogP contribution in [0.15, 0.2) is 35.8 Å². The molecule has 2 heterocycles. The third-order valence-corrected chi connectivity index (χ3v) is 1.65. The van der Waals surface area contributed by atoms with Gasteiger partial charge in [0.15, 0.2) is 6.20 Å². The summed E-state index contributed by atoms with van der Waals surface area (Å²) in [4.78, 5) is 3.06. The molecule has 0 spiro atoms. The van der Waals surface area contributed by atoms with Crippen molar-refractivity contribution in [1.82, 2.24) is 5.32 Å². The van der Waals surface area contributed by atoms with Crippen LogP contribution in [0.5, 0.6) is 0 Å². The number of fused-ring (bicyclic) bond motifs is 1. The highest BCUT2D eigenvalue weighted by Gasteiger charge is 2.10. The molecule has 0 radical (unpaired) electrons. The van der Waals surface area contributed by atoms with E-state index in [4.69, 9.17) is 0 Å². The lowest BCUT2D eigenvalue weighted by molar-refractivity contribution is -0.370. The quantitative estimate of drug-likeness (QED) is 0.454. The maximum atomic E-state index is 3.15. The van der Waals surface area contributed by atoms with E-state index in [0.29, 0.717) is 0 Å². The van der Waals surface area contributed by atoms with Crippen LogP contribution < -0.4 is 10.3 Å². The van der Waals surface area contributed by atoms with Crippen LogP contribution >= 0.6 is 0 Å². The minimum absolute atomic E-state index is 1.00. The zero-order chi connectivity index (χ0) is 6.81. The number of allylic oxidation sites excluding steroid dienone is 3. The summed E-state index contributed by atoms with van der Waals surface area (Å²) in [6.07, 6.45) is 11.1. The maximum Gasteiger partial charge on any atom is 0.190 e. The minimum Gasteiger partial charge on any atom is -0.357 e. The largest absolute Gasteiger partial charge is 0.357 e. The van der Waals surface area contributed by atoms with Gasteiger partial charge in [0.1, 0.15) is 11.9 Å². The average Bonchev–Trinajstić information content (AvgIpc) is 2.05. The molecule has 0 unspecified atom stereocenters. The molecular formula is C8H9N2+. The Morgan fingerprint density at radius 2 is 2.50 bits per heavy atom. The third kappa shape index (κ3) is 0.778. The Balaban J connectivity index is 2.38. The molecule has 10 heavy (non-hydrogen) atoms. The first-order chi connectivity index (χ1) is 4.97. The second kappa shape index (κ2) is 2.14. The average molecular weight is 133 g/mol. The van der Waals surface area contributed by atoms with E-state index in [1.165, 1.54) is 11.3 Å². The maximum absolute atomic E-state index is 3.15. The van der Waals surface area contributed by atoms with Gasteiger partial charge in [-0.2, -0.15) is 0 Å². The first kappa shape index (κ1) is 5.47. The summed E-state index contributed by atoms with van der Waals surface area (Å²) < 4.78 is 0. The predicted molar refractivity (Wildman–Crippen MR) is 40.1 cm³/mol. The van der Waals surface area contributed by atoms with Crippen molar-refractivity contribution in [3.63, 3.8) is 0 Å². The second-order valence-electron chi connectivity index (χ2n) is 2.33. The number of hydrogen-bond acceptors (Lipinski definition) is 1. The van der Waals surface area contributed by atoms with Crippen LogP contribution in [0, 0.1) is 0 Å². The Kier molecular flexibility index (Phi) is 1.17. The molecule has 0 aromatic carbocycles. The fourth-order valence-corrected chi connectivity index (χ4v) is 1.11. The van der Waals surface area contributed by atoms with Crippen LogP contribution in [-0.2, 0) is 0 Å². The Bertz CT molecular complexity index is 228. The third-order valence-electron chi connectivity index (χ3n) is 1.65. The first-order valence-corrected chi connectivity index (χ1v) is 3.37. The number of hydrogen-bond donors (Lipinski definition) is 2. The molecule has 0 aromatic heterocycles. The Hall–Kier alpha value is -1.31. The van der Waals surface area contributed by atoms with Crippen molar-refractivity contribution in [3.05, 3.63) is 35.8 Å². The molecule has 0 saturated carbocycles. The van der Waals surface area contributed by atoms with E-state index in [1.807, 2.05) is 24.7 Å². The van der Waals surface area contributed by atoms with Crippen LogP contribution in [0.3, 0.4) is 0 Å². The van der Waals surface area contributed by atoms with Gasteiger partial charge in [0.25, 0.3) is 0 Å². The highest BCUT2D eigenvalue weighted by Crippen LogP contribution is 2.12. The lowest BCUT2D eigenvalue weighted by Gasteiger charge is -2.11. The van der Waals surface area contributed by atoms with E-state index in [-0.39, 0.29) is 0 Å². The molecule has 2 heteroatoms. The van der Waals surface area contributed by atoms with Crippen LogP contribution in [0.2, 0.25) is 0 Å². The van der Waals surface area contributed by atoms with Crippen molar-refractivity contribution in [2.45, 2.75) is 6.42 Å². The highest BCUT2D eigenvalue weighted by molar-refractivity contribution is 5.61. The van der Waals surface area contributed by atoms with Gasteiger partial charge < -0.3 is 5.32 Å². The molecule has 2 aliphatic heterocycles. The van der Waals surface area contributed by atoms with Gasteiger partial charge in [-0.05, 0) is 11.6 Å². The standard InChI is InChI=1S/C8H8N2/c1-2-7-3-5-9-6-8(7)10-4-1/h1-2,4-6,10H,3H2/p+1. The molecule has 2 N–H and O–H groups in total. The van der Waals surface area contributed by atoms with Crippen molar-refractivity contribution in [3.8, 4) is 0 Å². The normalized spacial score (nSPS) is 20.8.